The molecule has 0 aromatic rings. The lowest BCUT2D eigenvalue weighted by Crippen LogP contribution is -2.26. The lowest BCUT2D eigenvalue weighted by Gasteiger charge is -2.12. The highest BCUT2D eigenvalue weighted by atomic mass is 15.3. The fourth-order valence-corrected chi connectivity index (χ4v) is 1.47. The molecule has 0 radical (unpaired) electrons. The molecule has 0 aliphatic heterocycles. The summed E-state index contributed by atoms with van der Waals surface area (Å²) in [5.41, 5.74) is 7.50. The Labute approximate surface area is 69.0 Å². The van der Waals surface area contributed by atoms with Crippen molar-refractivity contribution in [2.24, 2.45) is 0 Å². The first-order valence-corrected chi connectivity index (χ1v) is 4.55. The van der Waals surface area contributed by atoms with E-state index >= 15 is 0 Å². The van der Waals surface area contributed by atoms with Gasteiger partial charge in [-0.05, 0) is 25.7 Å². The molecule has 2 heteroatoms. The molecule has 0 bridgehead atoms. The van der Waals surface area contributed by atoms with E-state index in [1.165, 1.54) is 44.2 Å². The Kier molecular flexibility index (Phi) is 4.06. The summed E-state index contributed by atoms with van der Waals surface area (Å²) < 4.78 is 0. The van der Waals surface area contributed by atoms with Crippen molar-refractivity contribution in [3.8, 4) is 0 Å². The minimum atomic E-state index is 1.21. The van der Waals surface area contributed by atoms with Crippen LogP contribution in [0.15, 0.2) is 11.8 Å². The van der Waals surface area contributed by atoms with E-state index in [2.05, 4.69) is 16.9 Å². The highest BCUT2D eigenvalue weighted by Gasteiger charge is 1.99. The normalized spacial score (nSPS) is 24.6. The first-order chi connectivity index (χ1) is 5.43. The third-order valence-electron chi connectivity index (χ3n) is 2.08. The Bertz CT molecular complexity index is 130. The van der Waals surface area contributed by atoms with Gasteiger partial charge < -0.3 is 5.43 Å². The van der Waals surface area contributed by atoms with Gasteiger partial charge in [0.25, 0.3) is 0 Å². The summed E-state index contributed by atoms with van der Waals surface area (Å²) in [5.74, 6) is 0. The van der Waals surface area contributed by atoms with Gasteiger partial charge >= 0.3 is 0 Å². The van der Waals surface area contributed by atoms with Crippen LogP contribution in [0.4, 0.5) is 0 Å². The molecule has 11 heavy (non-hydrogen) atoms. The lowest BCUT2D eigenvalue weighted by atomic mass is 10.0. The van der Waals surface area contributed by atoms with Crippen LogP contribution in [0, 0.1) is 0 Å². The second-order valence-electron chi connectivity index (χ2n) is 3.06. The minimum Gasteiger partial charge on any atom is -0.326 e. The maximum Gasteiger partial charge on any atom is 0.0221 e. The SMILES string of the molecule is CNN/C1=C/CCCCCC1. The summed E-state index contributed by atoms with van der Waals surface area (Å²) >= 11 is 0. The number of hydrazine groups is 1. The van der Waals surface area contributed by atoms with Gasteiger partial charge in [-0.3, -0.25) is 0 Å². The molecule has 1 aliphatic carbocycles. The Morgan fingerprint density at radius 3 is 2.82 bits per heavy atom. The van der Waals surface area contributed by atoms with E-state index < -0.39 is 0 Å². The third kappa shape index (κ3) is 3.42. The molecule has 0 fully saturated rings. The molecule has 1 rings (SSSR count). The second-order valence-corrected chi connectivity index (χ2v) is 3.06. The van der Waals surface area contributed by atoms with E-state index in [0.29, 0.717) is 0 Å². The van der Waals surface area contributed by atoms with Crippen molar-refractivity contribution < 1.29 is 0 Å². The van der Waals surface area contributed by atoms with Crippen LogP contribution in [0.1, 0.15) is 38.5 Å². The quantitative estimate of drug-likeness (QED) is 0.594. The van der Waals surface area contributed by atoms with Crippen LogP contribution in [-0.4, -0.2) is 7.05 Å². The molecule has 0 amide bonds. The summed E-state index contributed by atoms with van der Waals surface area (Å²) in [7, 11) is 1.92. The van der Waals surface area contributed by atoms with E-state index in [1.807, 2.05) is 7.05 Å². The first kappa shape index (κ1) is 8.60. The van der Waals surface area contributed by atoms with Crippen molar-refractivity contribution in [3.63, 3.8) is 0 Å². The molecule has 2 nitrogen and oxygen atoms in total. The molecule has 0 spiro atoms. The predicted octanol–water partition coefficient (Wildman–Crippen LogP) is 1.95. The van der Waals surface area contributed by atoms with Gasteiger partial charge in [0.15, 0.2) is 0 Å². The highest BCUT2D eigenvalue weighted by Crippen LogP contribution is 2.14. The Morgan fingerprint density at radius 2 is 2.00 bits per heavy atom. The molecule has 0 saturated carbocycles. The smallest absolute Gasteiger partial charge is 0.0221 e. The van der Waals surface area contributed by atoms with E-state index in [9.17, 15) is 0 Å². The van der Waals surface area contributed by atoms with Crippen LogP contribution in [0.5, 0.6) is 0 Å². The molecular weight excluding hydrogens is 136 g/mol. The number of nitrogens with one attached hydrogen (secondary N) is 2. The molecule has 2 N–H and O–H groups in total. The van der Waals surface area contributed by atoms with Gasteiger partial charge in [-0.25, -0.2) is 5.43 Å². The van der Waals surface area contributed by atoms with Gasteiger partial charge in [0.05, 0.1) is 0 Å². The summed E-state index contributed by atoms with van der Waals surface area (Å²) in [4.78, 5) is 0. The van der Waals surface area contributed by atoms with E-state index in [4.69, 9.17) is 0 Å². The lowest BCUT2D eigenvalue weighted by molar-refractivity contribution is 0.575. The molecule has 0 aromatic heterocycles. The molecule has 0 saturated heterocycles. The topological polar surface area (TPSA) is 24.1 Å². The van der Waals surface area contributed by atoms with Gasteiger partial charge in [-0.2, -0.15) is 0 Å². The van der Waals surface area contributed by atoms with Crippen LogP contribution in [0.25, 0.3) is 0 Å². The molecular formula is C9H18N2. The van der Waals surface area contributed by atoms with E-state index in [0.717, 1.165) is 0 Å². The monoisotopic (exact) mass is 154 g/mol. The predicted molar refractivity (Wildman–Crippen MR) is 48.0 cm³/mol. The largest absolute Gasteiger partial charge is 0.326 e. The average Bonchev–Trinajstić information content (AvgIpc) is 1.94. The molecule has 0 heterocycles. The highest BCUT2D eigenvalue weighted by molar-refractivity contribution is 4.98. The van der Waals surface area contributed by atoms with E-state index in [1.54, 1.807) is 0 Å². The zero-order valence-electron chi connectivity index (χ0n) is 7.32. The maximum absolute atomic E-state index is 3.16. The molecule has 1 aliphatic rings. The Hall–Kier alpha value is -0.500. The third-order valence-corrected chi connectivity index (χ3v) is 2.08. The molecule has 64 valence electrons. The minimum absolute atomic E-state index is 1.21. The molecule has 0 atom stereocenters. The van der Waals surface area contributed by atoms with E-state index in [-0.39, 0.29) is 0 Å². The zero-order chi connectivity index (χ0) is 7.94. The van der Waals surface area contributed by atoms with Crippen LogP contribution in [0.2, 0.25) is 0 Å². The second kappa shape index (κ2) is 5.19. The zero-order valence-corrected chi connectivity index (χ0v) is 7.32. The number of hydrogen-bond acceptors (Lipinski definition) is 2. The van der Waals surface area contributed by atoms with Crippen LogP contribution in [0.3, 0.4) is 0 Å². The summed E-state index contributed by atoms with van der Waals surface area (Å²) in [6, 6.07) is 0. The number of allylic oxidation sites excluding steroid dienone is 2. The standard InChI is InChI=1S/C9H18N2/c1-10-11-9-7-5-3-2-4-6-8-9/h7,10-11H,2-6,8H2,1H3/b9-7+. The van der Waals surface area contributed by atoms with Crippen molar-refractivity contribution >= 4 is 0 Å². The van der Waals surface area contributed by atoms with Crippen molar-refractivity contribution in [1.29, 1.82) is 0 Å². The van der Waals surface area contributed by atoms with Crippen LogP contribution >= 0.6 is 0 Å². The average molecular weight is 154 g/mol. The Balaban J connectivity index is 2.32. The van der Waals surface area contributed by atoms with Gasteiger partial charge in [0, 0.05) is 12.7 Å². The summed E-state index contributed by atoms with van der Waals surface area (Å²) in [6.07, 6.45) is 10.3. The van der Waals surface area contributed by atoms with Crippen molar-refractivity contribution in [1.82, 2.24) is 10.9 Å². The van der Waals surface area contributed by atoms with Crippen molar-refractivity contribution in [2.75, 3.05) is 7.05 Å². The van der Waals surface area contributed by atoms with Gasteiger partial charge in [0.1, 0.15) is 0 Å². The van der Waals surface area contributed by atoms with Crippen LogP contribution in [-0.2, 0) is 0 Å². The number of rotatable bonds is 2. The van der Waals surface area contributed by atoms with Gasteiger partial charge in [0.2, 0.25) is 0 Å². The fraction of sp³-hybridized carbons (Fsp3) is 0.778. The van der Waals surface area contributed by atoms with Crippen LogP contribution < -0.4 is 10.9 Å². The summed E-state index contributed by atoms with van der Waals surface area (Å²) in [5, 5.41) is 0. The molecule has 0 unspecified atom stereocenters. The maximum atomic E-state index is 3.16. The van der Waals surface area contributed by atoms with Crippen molar-refractivity contribution in [3.05, 3.63) is 11.8 Å². The van der Waals surface area contributed by atoms with Gasteiger partial charge in [-0.1, -0.05) is 18.9 Å². The fourth-order valence-electron chi connectivity index (χ4n) is 1.47. The summed E-state index contributed by atoms with van der Waals surface area (Å²) in [6.45, 7) is 0. The molecule has 0 aromatic carbocycles. The Morgan fingerprint density at radius 1 is 1.18 bits per heavy atom. The van der Waals surface area contributed by atoms with Gasteiger partial charge in [-0.15, -0.1) is 0 Å². The number of hydrogen-bond donors (Lipinski definition) is 2. The first-order valence-electron chi connectivity index (χ1n) is 4.55. The van der Waals surface area contributed by atoms with Crippen molar-refractivity contribution in [2.45, 2.75) is 38.5 Å².